The number of hydrazone groups is 1. The highest BCUT2D eigenvalue weighted by Crippen LogP contribution is 2.27. The minimum atomic E-state index is -3.86. The maximum absolute atomic E-state index is 12.2. The van der Waals surface area contributed by atoms with Crippen molar-refractivity contribution in [3.05, 3.63) is 58.1 Å². The number of nitrogens with zero attached hydrogens (tertiary/aromatic N) is 3. The molecule has 0 bridgehead atoms. The summed E-state index contributed by atoms with van der Waals surface area (Å²) in [6.07, 6.45) is 1.21. The van der Waals surface area contributed by atoms with Crippen molar-refractivity contribution >= 4 is 27.6 Å². The molecule has 0 unspecified atom stereocenters. The third-order valence-corrected chi connectivity index (χ3v) is 4.75. The molecule has 0 saturated carbocycles. The number of hydrogen-bond acceptors (Lipinski definition) is 7. The molecule has 0 amide bonds. The summed E-state index contributed by atoms with van der Waals surface area (Å²) in [5, 5.41) is 14.9. The molecule has 0 atom stereocenters. The SMILES string of the molecule is CCOc1ccc(S(=O)(=O)N/N=C/c2ccc(N(C)C)c([N+](=O)[O-])c2)cc1. The van der Waals surface area contributed by atoms with Crippen molar-refractivity contribution in [2.75, 3.05) is 25.6 Å². The molecule has 2 rings (SSSR count). The molecule has 0 aliphatic carbocycles. The Kier molecular flexibility index (Phi) is 6.35. The summed E-state index contributed by atoms with van der Waals surface area (Å²) in [4.78, 5) is 14.4. The lowest BCUT2D eigenvalue weighted by molar-refractivity contribution is -0.384. The van der Waals surface area contributed by atoms with Gasteiger partial charge in [0.25, 0.3) is 15.7 Å². The summed E-state index contributed by atoms with van der Waals surface area (Å²) in [7, 11) is -0.465. The van der Waals surface area contributed by atoms with Gasteiger partial charge in [0, 0.05) is 25.7 Å². The molecular weight excluding hydrogens is 372 g/mol. The Bertz CT molecular complexity index is 940. The van der Waals surface area contributed by atoms with Crippen LogP contribution in [0.4, 0.5) is 11.4 Å². The van der Waals surface area contributed by atoms with Crippen LogP contribution < -0.4 is 14.5 Å². The molecule has 0 saturated heterocycles. The maximum atomic E-state index is 12.2. The minimum absolute atomic E-state index is 0.0250. The van der Waals surface area contributed by atoms with Gasteiger partial charge >= 0.3 is 0 Å². The number of sulfonamides is 1. The standard InChI is InChI=1S/C17H20N4O5S/c1-4-26-14-6-8-15(9-7-14)27(24,25)19-18-12-13-5-10-16(20(2)3)17(11-13)21(22)23/h5-12,19H,4H2,1-3H3/b18-12+. The molecule has 144 valence electrons. The molecule has 1 N–H and O–H groups in total. The second kappa shape index (κ2) is 8.49. The average Bonchev–Trinajstić information content (AvgIpc) is 2.62. The summed E-state index contributed by atoms with van der Waals surface area (Å²) in [5.74, 6) is 0.563. The number of ether oxygens (including phenoxy) is 1. The van der Waals surface area contributed by atoms with Crippen molar-refractivity contribution in [1.82, 2.24) is 4.83 Å². The van der Waals surface area contributed by atoms with Gasteiger partial charge in [-0.1, -0.05) is 6.07 Å². The lowest BCUT2D eigenvalue weighted by Crippen LogP contribution is -2.18. The fourth-order valence-corrected chi connectivity index (χ4v) is 3.04. The normalized spacial score (nSPS) is 11.4. The Hall–Kier alpha value is -3.14. The van der Waals surface area contributed by atoms with E-state index in [1.54, 1.807) is 43.3 Å². The van der Waals surface area contributed by atoms with E-state index in [0.717, 1.165) is 0 Å². The lowest BCUT2D eigenvalue weighted by Gasteiger charge is -2.12. The summed E-state index contributed by atoms with van der Waals surface area (Å²) in [6, 6.07) is 10.4. The Morgan fingerprint density at radius 3 is 2.44 bits per heavy atom. The van der Waals surface area contributed by atoms with Crippen molar-refractivity contribution in [2.45, 2.75) is 11.8 Å². The molecule has 0 aliphatic rings. The average molecular weight is 392 g/mol. The molecule has 2 aromatic rings. The van der Waals surface area contributed by atoms with Gasteiger partial charge in [0.2, 0.25) is 0 Å². The quantitative estimate of drug-likeness (QED) is 0.419. The highest BCUT2D eigenvalue weighted by atomic mass is 32.2. The zero-order valence-corrected chi connectivity index (χ0v) is 15.9. The van der Waals surface area contributed by atoms with Gasteiger partial charge in [-0.15, -0.1) is 0 Å². The van der Waals surface area contributed by atoms with Crippen LogP contribution in [0.5, 0.6) is 5.75 Å². The molecule has 27 heavy (non-hydrogen) atoms. The fraction of sp³-hybridized carbons (Fsp3) is 0.235. The van der Waals surface area contributed by atoms with E-state index in [4.69, 9.17) is 4.74 Å². The second-order valence-corrected chi connectivity index (χ2v) is 7.32. The first-order chi connectivity index (χ1) is 12.7. The highest BCUT2D eigenvalue weighted by molar-refractivity contribution is 7.89. The predicted molar refractivity (Wildman–Crippen MR) is 103 cm³/mol. The van der Waals surface area contributed by atoms with Crippen molar-refractivity contribution in [2.24, 2.45) is 5.10 Å². The maximum Gasteiger partial charge on any atom is 0.293 e. The lowest BCUT2D eigenvalue weighted by atomic mass is 10.2. The number of rotatable bonds is 8. The van der Waals surface area contributed by atoms with Gasteiger partial charge in [-0.3, -0.25) is 10.1 Å². The van der Waals surface area contributed by atoms with Gasteiger partial charge < -0.3 is 9.64 Å². The van der Waals surface area contributed by atoms with E-state index in [9.17, 15) is 18.5 Å². The van der Waals surface area contributed by atoms with Gasteiger partial charge in [0.05, 0.1) is 22.6 Å². The smallest absolute Gasteiger partial charge is 0.293 e. The van der Waals surface area contributed by atoms with Gasteiger partial charge in [0.1, 0.15) is 11.4 Å². The Morgan fingerprint density at radius 2 is 1.89 bits per heavy atom. The summed E-state index contributed by atoms with van der Waals surface area (Å²) >= 11 is 0. The zero-order chi connectivity index (χ0) is 20.0. The number of nitro benzene ring substituents is 1. The highest BCUT2D eigenvalue weighted by Gasteiger charge is 2.16. The molecule has 0 radical (unpaired) electrons. The van der Waals surface area contributed by atoms with E-state index in [1.807, 2.05) is 6.92 Å². The zero-order valence-electron chi connectivity index (χ0n) is 15.1. The summed E-state index contributed by atoms with van der Waals surface area (Å²) < 4.78 is 29.7. The van der Waals surface area contributed by atoms with E-state index in [1.165, 1.54) is 24.4 Å². The van der Waals surface area contributed by atoms with Crippen molar-refractivity contribution in [3.8, 4) is 5.75 Å². The van der Waals surface area contributed by atoms with E-state index >= 15 is 0 Å². The minimum Gasteiger partial charge on any atom is -0.494 e. The predicted octanol–water partition coefficient (Wildman–Crippen LogP) is 2.37. The topological polar surface area (TPSA) is 114 Å². The van der Waals surface area contributed by atoms with Gasteiger partial charge in [-0.05, 0) is 37.3 Å². The molecule has 0 aromatic heterocycles. The molecule has 0 heterocycles. The molecule has 0 spiro atoms. The van der Waals surface area contributed by atoms with Gasteiger partial charge in [0.15, 0.2) is 0 Å². The molecule has 0 fully saturated rings. The van der Waals surface area contributed by atoms with Gasteiger partial charge in [-0.25, -0.2) is 4.83 Å². The molecule has 9 nitrogen and oxygen atoms in total. The summed E-state index contributed by atoms with van der Waals surface area (Å²) in [5.41, 5.74) is 0.729. The summed E-state index contributed by atoms with van der Waals surface area (Å²) in [6.45, 7) is 2.31. The van der Waals surface area contributed by atoms with E-state index in [2.05, 4.69) is 9.93 Å². The van der Waals surface area contributed by atoms with Crippen LogP contribution in [0.2, 0.25) is 0 Å². The molecule has 10 heteroatoms. The monoisotopic (exact) mass is 392 g/mol. The first-order valence-electron chi connectivity index (χ1n) is 7.98. The molecular formula is C17H20N4O5S. The van der Waals surface area contributed by atoms with E-state index in [-0.39, 0.29) is 10.6 Å². The first-order valence-corrected chi connectivity index (χ1v) is 9.46. The van der Waals surface area contributed by atoms with Gasteiger partial charge in [-0.2, -0.15) is 13.5 Å². The first kappa shape index (κ1) is 20.2. The Labute approximate surface area is 157 Å². The van der Waals surface area contributed by atoms with Crippen molar-refractivity contribution < 1.29 is 18.1 Å². The second-order valence-electron chi connectivity index (χ2n) is 5.66. The molecule has 2 aromatic carbocycles. The van der Waals surface area contributed by atoms with Crippen LogP contribution in [0, 0.1) is 10.1 Å². The largest absolute Gasteiger partial charge is 0.494 e. The van der Waals surface area contributed by atoms with E-state index in [0.29, 0.717) is 23.6 Å². The van der Waals surface area contributed by atoms with Crippen molar-refractivity contribution in [1.29, 1.82) is 0 Å². The Morgan fingerprint density at radius 1 is 1.22 bits per heavy atom. The number of benzene rings is 2. The van der Waals surface area contributed by atoms with Crippen LogP contribution in [0.1, 0.15) is 12.5 Å². The van der Waals surface area contributed by atoms with Crippen LogP contribution in [0.25, 0.3) is 0 Å². The van der Waals surface area contributed by atoms with E-state index < -0.39 is 14.9 Å². The number of hydrogen-bond donors (Lipinski definition) is 1. The number of nitro groups is 1. The third-order valence-electron chi connectivity index (χ3n) is 3.51. The van der Waals surface area contributed by atoms with Crippen LogP contribution in [0.15, 0.2) is 52.5 Å². The van der Waals surface area contributed by atoms with Crippen LogP contribution in [-0.4, -0.2) is 40.3 Å². The Balaban J connectivity index is 2.16. The van der Waals surface area contributed by atoms with Crippen molar-refractivity contribution in [3.63, 3.8) is 0 Å². The fourth-order valence-electron chi connectivity index (χ4n) is 2.25. The van der Waals surface area contributed by atoms with Crippen LogP contribution >= 0.6 is 0 Å². The number of nitrogens with one attached hydrogen (secondary N) is 1. The van der Waals surface area contributed by atoms with Crippen LogP contribution in [-0.2, 0) is 10.0 Å². The van der Waals surface area contributed by atoms with Crippen LogP contribution in [0.3, 0.4) is 0 Å². The number of anilines is 1. The third kappa shape index (κ3) is 5.17. The molecule has 0 aliphatic heterocycles.